The van der Waals surface area contributed by atoms with Gasteiger partial charge in [-0.1, -0.05) is 127 Å². The summed E-state index contributed by atoms with van der Waals surface area (Å²) in [5.74, 6) is 0.675. The molecule has 0 aliphatic heterocycles. The first kappa shape index (κ1) is 25.1. The van der Waals surface area contributed by atoms with Gasteiger partial charge >= 0.3 is 0 Å². The molecule has 0 bridgehead atoms. The van der Waals surface area contributed by atoms with Crippen molar-refractivity contribution in [3.8, 4) is 28.3 Å². The molecule has 4 nitrogen and oxygen atoms in total. The van der Waals surface area contributed by atoms with Crippen molar-refractivity contribution in [1.82, 2.24) is 14.5 Å². The van der Waals surface area contributed by atoms with E-state index in [1.54, 1.807) is 0 Å². The first-order chi connectivity index (χ1) is 22.8. The molecule has 0 fully saturated rings. The van der Waals surface area contributed by atoms with Gasteiger partial charge in [0.25, 0.3) is 0 Å². The van der Waals surface area contributed by atoms with Crippen LogP contribution in [0.2, 0.25) is 0 Å². The van der Waals surface area contributed by atoms with Crippen LogP contribution in [0.3, 0.4) is 0 Å². The Morgan fingerprint density at radius 3 is 1.85 bits per heavy atom. The Morgan fingerprint density at radius 1 is 0.478 bits per heavy atom. The average molecular weight is 588 g/mol. The molecule has 214 valence electrons. The van der Waals surface area contributed by atoms with Crippen LogP contribution in [0.4, 0.5) is 0 Å². The third-order valence-corrected chi connectivity index (χ3v) is 9.18. The van der Waals surface area contributed by atoms with Gasteiger partial charge in [-0.2, -0.15) is 0 Å². The molecule has 0 amide bonds. The van der Waals surface area contributed by atoms with Crippen molar-refractivity contribution in [2.24, 2.45) is 0 Å². The molecule has 46 heavy (non-hydrogen) atoms. The second-order valence-corrected chi connectivity index (χ2v) is 11.8. The SMILES string of the molecule is c1ccc(-c2nc(-c3ccccc3)c3oc4ccc(-n5c6ccccc6c6c7ccccc7c7ccccc7c65)cc4c3n2)cc1. The van der Waals surface area contributed by atoms with Gasteiger partial charge in [-0.25, -0.2) is 9.97 Å². The van der Waals surface area contributed by atoms with Crippen LogP contribution in [0.5, 0.6) is 0 Å². The number of furan rings is 1. The Hall–Kier alpha value is -6.26. The quantitative estimate of drug-likeness (QED) is 0.193. The smallest absolute Gasteiger partial charge is 0.180 e. The second-order valence-electron chi connectivity index (χ2n) is 11.8. The maximum absolute atomic E-state index is 6.57. The Kier molecular flexibility index (Phi) is 5.25. The van der Waals surface area contributed by atoms with Crippen molar-refractivity contribution in [3.63, 3.8) is 0 Å². The predicted molar refractivity (Wildman–Crippen MR) is 190 cm³/mol. The maximum Gasteiger partial charge on any atom is 0.180 e. The van der Waals surface area contributed by atoms with E-state index in [1.165, 1.54) is 37.8 Å². The highest BCUT2D eigenvalue weighted by Crippen LogP contribution is 2.43. The zero-order valence-electron chi connectivity index (χ0n) is 24.7. The predicted octanol–water partition coefficient (Wildman–Crippen LogP) is 11.1. The number of nitrogens with zero attached hydrogens (tertiary/aromatic N) is 3. The van der Waals surface area contributed by atoms with Crippen LogP contribution >= 0.6 is 0 Å². The highest BCUT2D eigenvalue weighted by Gasteiger charge is 2.21. The summed E-state index contributed by atoms with van der Waals surface area (Å²) in [6, 6.07) is 53.1. The standard InChI is InChI=1S/C42H25N3O/c1-3-13-26(14-4-1)38-41-39(44-42(43-38)27-15-5-2-6-16-27)34-25-28(23-24-36(34)46-41)45-35-22-12-11-21-33(35)37-31-19-9-7-17-29(31)30-18-8-10-20-32(30)40(37)45/h1-25H. The molecule has 3 aromatic heterocycles. The van der Waals surface area contributed by atoms with Gasteiger partial charge in [-0.15, -0.1) is 0 Å². The fourth-order valence-electron chi connectivity index (χ4n) is 7.18. The van der Waals surface area contributed by atoms with Crippen LogP contribution in [0.25, 0.3) is 93.8 Å². The minimum absolute atomic E-state index is 0.675. The highest BCUT2D eigenvalue weighted by molar-refractivity contribution is 6.32. The summed E-state index contributed by atoms with van der Waals surface area (Å²) in [6.45, 7) is 0. The van der Waals surface area contributed by atoms with E-state index in [0.29, 0.717) is 11.4 Å². The molecule has 0 N–H and O–H groups in total. The van der Waals surface area contributed by atoms with E-state index in [0.717, 1.165) is 44.5 Å². The molecule has 0 atom stereocenters. The van der Waals surface area contributed by atoms with Crippen molar-refractivity contribution in [1.29, 1.82) is 0 Å². The summed E-state index contributed by atoms with van der Waals surface area (Å²) in [4.78, 5) is 10.2. The van der Waals surface area contributed by atoms with Gasteiger partial charge in [-0.05, 0) is 40.4 Å². The zero-order chi connectivity index (χ0) is 30.2. The molecule has 7 aromatic carbocycles. The van der Waals surface area contributed by atoms with Crippen molar-refractivity contribution in [2.45, 2.75) is 0 Å². The van der Waals surface area contributed by atoms with Crippen LogP contribution in [0.15, 0.2) is 156 Å². The summed E-state index contributed by atoms with van der Waals surface area (Å²) in [6.07, 6.45) is 0. The van der Waals surface area contributed by atoms with E-state index in [9.17, 15) is 0 Å². The molecule has 3 heterocycles. The normalized spacial score (nSPS) is 11.9. The molecule has 10 aromatic rings. The number of fused-ring (bicyclic) bond motifs is 11. The Balaban J connectivity index is 1.33. The molecule has 0 spiro atoms. The molecular formula is C42H25N3O. The van der Waals surface area contributed by atoms with Gasteiger partial charge in [0.2, 0.25) is 0 Å². The van der Waals surface area contributed by atoms with E-state index >= 15 is 0 Å². The first-order valence-electron chi connectivity index (χ1n) is 15.5. The molecule has 0 radical (unpaired) electrons. The molecule has 0 unspecified atom stereocenters. The monoisotopic (exact) mass is 587 g/mol. The van der Waals surface area contributed by atoms with Crippen molar-refractivity contribution < 1.29 is 4.42 Å². The molecular weight excluding hydrogens is 562 g/mol. The van der Waals surface area contributed by atoms with Gasteiger partial charge < -0.3 is 8.98 Å². The van der Waals surface area contributed by atoms with Crippen LogP contribution in [0, 0.1) is 0 Å². The van der Waals surface area contributed by atoms with Crippen LogP contribution < -0.4 is 0 Å². The highest BCUT2D eigenvalue weighted by atomic mass is 16.3. The summed E-state index contributed by atoms with van der Waals surface area (Å²) < 4.78 is 8.98. The van der Waals surface area contributed by atoms with Gasteiger partial charge in [0.1, 0.15) is 16.8 Å². The van der Waals surface area contributed by atoms with Gasteiger partial charge in [0.05, 0.1) is 11.0 Å². The minimum Gasteiger partial charge on any atom is -0.452 e. The number of para-hydroxylation sites is 1. The lowest BCUT2D eigenvalue weighted by Crippen LogP contribution is -1.95. The molecule has 0 aliphatic carbocycles. The number of aromatic nitrogens is 3. The van der Waals surface area contributed by atoms with E-state index < -0.39 is 0 Å². The molecule has 4 heteroatoms. The van der Waals surface area contributed by atoms with Crippen LogP contribution in [0.1, 0.15) is 0 Å². The van der Waals surface area contributed by atoms with Gasteiger partial charge in [0.15, 0.2) is 11.4 Å². The molecule has 0 saturated heterocycles. The Morgan fingerprint density at radius 2 is 1.09 bits per heavy atom. The number of hydrogen-bond acceptors (Lipinski definition) is 3. The third-order valence-electron chi connectivity index (χ3n) is 9.18. The fraction of sp³-hybridized carbons (Fsp3) is 0. The van der Waals surface area contributed by atoms with Gasteiger partial charge in [-0.3, -0.25) is 0 Å². The lowest BCUT2D eigenvalue weighted by Gasteiger charge is -2.12. The topological polar surface area (TPSA) is 43.9 Å². The fourth-order valence-corrected chi connectivity index (χ4v) is 7.18. The average Bonchev–Trinajstić information content (AvgIpc) is 3.68. The van der Waals surface area contributed by atoms with Crippen molar-refractivity contribution in [2.75, 3.05) is 0 Å². The van der Waals surface area contributed by atoms with E-state index in [4.69, 9.17) is 14.4 Å². The summed E-state index contributed by atoms with van der Waals surface area (Å²) in [5, 5.41) is 8.46. The third kappa shape index (κ3) is 3.55. The second kappa shape index (κ2) is 9.62. The van der Waals surface area contributed by atoms with Crippen molar-refractivity contribution in [3.05, 3.63) is 152 Å². The number of rotatable bonds is 3. The van der Waals surface area contributed by atoms with Crippen molar-refractivity contribution >= 4 is 65.4 Å². The number of hydrogen-bond donors (Lipinski definition) is 0. The number of benzene rings is 7. The molecule has 0 saturated carbocycles. The summed E-state index contributed by atoms with van der Waals surface area (Å²) in [5.41, 5.74) is 8.45. The Labute approximate surface area is 263 Å². The van der Waals surface area contributed by atoms with E-state index in [1.807, 2.05) is 36.4 Å². The Bertz CT molecular complexity index is 2790. The zero-order valence-corrected chi connectivity index (χ0v) is 24.7. The van der Waals surface area contributed by atoms with Crippen LogP contribution in [-0.4, -0.2) is 14.5 Å². The van der Waals surface area contributed by atoms with E-state index in [2.05, 4.69) is 120 Å². The minimum atomic E-state index is 0.675. The molecule has 0 aliphatic rings. The van der Waals surface area contributed by atoms with E-state index in [-0.39, 0.29) is 0 Å². The summed E-state index contributed by atoms with van der Waals surface area (Å²) in [7, 11) is 0. The first-order valence-corrected chi connectivity index (χ1v) is 15.5. The molecule has 10 rings (SSSR count). The van der Waals surface area contributed by atoms with Gasteiger partial charge in [0, 0.05) is 38.4 Å². The lowest BCUT2D eigenvalue weighted by molar-refractivity contribution is 0.667. The lowest BCUT2D eigenvalue weighted by atomic mass is 9.97. The van der Waals surface area contributed by atoms with Crippen LogP contribution in [-0.2, 0) is 0 Å². The maximum atomic E-state index is 6.57. The largest absolute Gasteiger partial charge is 0.452 e. The summed E-state index contributed by atoms with van der Waals surface area (Å²) >= 11 is 0.